The van der Waals surface area contributed by atoms with Crippen molar-refractivity contribution in [3.8, 4) is 5.75 Å². The third-order valence-corrected chi connectivity index (χ3v) is 6.84. The molecule has 0 saturated carbocycles. The molecule has 1 aliphatic rings. The minimum absolute atomic E-state index is 0.0903. The van der Waals surface area contributed by atoms with Gasteiger partial charge in [0.05, 0.1) is 28.5 Å². The first-order valence-corrected chi connectivity index (χ1v) is 11.8. The highest BCUT2D eigenvalue weighted by Crippen LogP contribution is 2.31. The van der Waals surface area contributed by atoms with Gasteiger partial charge in [0.1, 0.15) is 5.75 Å². The van der Waals surface area contributed by atoms with Gasteiger partial charge < -0.3 is 9.84 Å². The topological polar surface area (TPSA) is 80.9 Å². The van der Waals surface area contributed by atoms with Gasteiger partial charge in [-0.1, -0.05) is 72.0 Å². The zero-order chi connectivity index (χ0) is 23.8. The van der Waals surface area contributed by atoms with Crippen LogP contribution >= 0.6 is 11.3 Å². The Bertz CT molecular complexity index is 1630. The number of ether oxygens (including phenoxy) is 1. The third-order valence-electron chi connectivity index (χ3n) is 5.86. The van der Waals surface area contributed by atoms with Crippen LogP contribution in [-0.4, -0.2) is 22.2 Å². The van der Waals surface area contributed by atoms with Crippen LogP contribution in [0.3, 0.4) is 0 Å². The maximum Gasteiger partial charge on any atom is 0.338 e. The van der Waals surface area contributed by atoms with Gasteiger partial charge in [-0.05, 0) is 42.3 Å². The van der Waals surface area contributed by atoms with Crippen molar-refractivity contribution in [2.45, 2.75) is 19.9 Å². The molecule has 6 nitrogen and oxygen atoms in total. The smallest absolute Gasteiger partial charge is 0.338 e. The Labute approximate surface area is 199 Å². The van der Waals surface area contributed by atoms with Crippen LogP contribution < -0.4 is 14.9 Å². The van der Waals surface area contributed by atoms with Gasteiger partial charge in [0.15, 0.2) is 4.80 Å². The zero-order valence-electron chi connectivity index (χ0n) is 18.7. The van der Waals surface area contributed by atoms with Crippen LogP contribution in [0.1, 0.15) is 31.0 Å². The molecule has 0 bridgehead atoms. The van der Waals surface area contributed by atoms with Gasteiger partial charge in [-0.3, -0.25) is 9.36 Å². The Kier molecular flexibility index (Phi) is 5.63. The Morgan fingerprint density at radius 2 is 1.85 bits per heavy atom. The van der Waals surface area contributed by atoms with Crippen molar-refractivity contribution in [2.75, 3.05) is 6.61 Å². The molecular weight excluding hydrogens is 448 g/mol. The highest BCUT2D eigenvalue weighted by molar-refractivity contribution is 7.07. The molecule has 1 unspecified atom stereocenters. The van der Waals surface area contributed by atoms with E-state index >= 15 is 0 Å². The fourth-order valence-electron chi connectivity index (χ4n) is 4.31. The number of nitrogens with zero attached hydrogens (tertiary/aromatic N) is 2. The number of carbonyl (C=O) groups excluding carboxylic acids is 1. The van der Waals surface area contributed by atoms with Crippen molar-refractivity contribution in [1.82, 2.24) is 4.57 Å². The molecule has 0 amide bonds. The number of aromatic hydroxyl groups is 1. The number of allylic oxidation sites excluding steroid dienone is 1. The molecule has 1 aromatic heterocycles. The Balaban J connectivity index is 1.78. The van der Waals surface area contributed by atoms with Gasteiger partial charge in [-0.2, -0.15) is 0 Å². The molecule has 0 fully saturated rings. The van der Waals surface area contributed by atoms with Crippen molar-refractivity contribution < 1.29 is 14.6 Å². The SMILES string of the molecule is CCOC(=O)C1=C(C)N=c2s/c(=C\c3c(O)ccc4ccccc34)c(=O)n2C1c1ccccc1. The first-order valence-electron chi connectivity index (χ1n) is 10.9. The van der Waals surface area contributed by atoms with E-state index in [0.717, 1.165) is 16.3 Å². The molecule has 1 aliphatic heterocycles. The van der Waals surface area contributed by atoms with Gasteiger partial charge in [-0.25, -0.2) is 9.79 Å². The summed E-state index contributed by atoms with van der Waals surface area (Å²) >= 11 is 1.23. The summed E-state index contributed by atoms with van der Waals surface area (Å²) in [6.07, 6.45) is 1.70. The number of aromatic nitrogens is 1. The number of benzene rings is 3. The third kappa shape index (κ3) is 3.64. The number of esters is 1. The quantitative estimate of drug-likeness (QED) is 0.462. The van der Waals surface area contributed by atoms with Gasteiger partial charge in [-0.15, -0.1) is 0 Å². The van der Waals surface area contributed by atoms with Crippen molar-refractivity contribution in [3.05, 3.63) is 109 Å². The first-order chi connectivity index (χ1) is 16.5. The maximum atomic E-state index is 13.7. The lowest BCUT2D eigenvalue weighted by molar-refractivity contribution is -0.139. The summed E-state index contributed by atoms with van der Waals surface area (Å²) in [5.41, 5.74) is 1.95. The van der Waals surface area contributed by atoms with Gasteiger partial charge in [0.25, 0.3) is 5.56 Å². The standard InChI is InChI=1S/C27H22N2O4S/c1-3-33-26(32)23-16(2)28-27-29(24(23)18-10-5-4-6-11-18)25(31)22(34-27)15-20-19-12-8-7-9-17(19)13-14-21(20)30/h4-15,24,30H,3H2,1-2H3/b22-15-. The second-order valence-corrected chi connectivity index (χ2v) is 8.94. The number of carbonyl (C=O) groups is 1. The van der Waals surface area contributed by atoms with Crippen molar-refractivity contribution in [1.29, 1.82) is 0 Å². The van der Waals surface area contributed by atoms with Crippen LogP contribution in [0.2, 0.25) is 0 Å². The van der Waals surface area contributed by atoms with Gasteiger partial charge >= 0.3 is 5.97 Å². The molecule has 3 aromatic carbocycles. The molecule has 0 saturated heterocycles. The lowest BCUT2D eigenvalue weighted by atomic mass is 9.96. The molecule has 0 aliphatic carbocycles. The van der Waals surface area contributed by atoms with Crippen LogP contribution in [0.5, 0.6) is 5.75 Å². The Morgan fingerprint density at radius 3 is 2.62 bits per heavy atom. The summed E-state index contributed by atoms with van der Waals surface area (Å²) in [5, 5.41) is 12.4. The Hall–Kier alpha value is -3.97. The number of phenols is 1. The summed E-state index contributed by atoms with van der Waals surface area (Å²) in [4.78, 5) is 31.7. The number of hydrogen-bond donors (Lipinski definition) is 1. The lowest BCUT2D eigenvalue weighted by Gasteiger charge is -2.24. The molecule has 2 heterocycles. The molecule has 4 aromatic rings. The van der Waals surface area contributed by atoms with Crippen LogP contribution in [0, 0.1) is 0 Å². The molecule has 1 N–H and O–H groups in total. The van der Waals surface area contributed by atoms with Crippen LogP contribution in [0.4, 0.5) is 0 Å². The van der Waals surface area contributed by atoms with E-state index in [1.54, 1.807) is 30.6 Å². The number of hydrogen-bond acceptors (Lipinski definition) is 6. The Morgan fingerprint density at radius 1 is 1.12 bits per heavy atom. The van der Waals surface area contributed by atoms with Crippen molar-refractivity contribution >= 4 is 34.2 Å². The highest BCUT2D eigenvalue weighted by Gasteiger charge is 2.33. The monoisotopic (exact) mass is 470 g/mol. The summed E-state index contributed by atoms with van der Waals surface area (Å²) in [6, 6.07) is 19.9. The lowest BCUT2D eigenvalue weighted by Crippen LogP contribution is -2.39. The minimum atomic E-state index is -0.653. The van der Waals surface area contributed by atoms with Crippen molar-refractivity contribution in [3.63, 3.8) is 0 Å². The van der Waals surface area contributed by atoms with E-state index < -0.39 is 12.0 Å². The molecule has 34 heavy (non-hydrogen) atoms. The fourth-order valence-corrected chi connectivity index (χ4v) is 5.34. The second kappa shape index (κ2) is 8.76. The van der Waals surface area contributed by atoms with E-state index in [-0.39, 0.29) is 17.9 Å². The van der Waals surface area contributed by atoms with E-state index in [0.29, 0.717) is 26.2 Å². The molecule has 170 valence electrons. The molecular formula is C27H22N2O4S. The largest absolute Gasteiger partial charge is 0.507 e. The molecule has 5 rings (SSSR count). The predicted octanol–water partition coefficient (Wildman–Crippen LogP) is 3.66. The summed E-state index contributed by atoms with van der Waals surface area (Å²) in [7, 11) is 0. The van der Waals surface area contributed by atoms with E-state index in [1.165, 1.54) is 11.3 Å². The normalized spacial score (nSPS) is 15.8. The van der Waals surface area contributed by atoms with E-state index in [9.17, 15) is 14.7 Å². The number of fused-ring (bicyclic) bond motifs is 2. The van der Waals surface area contributed by atoms with E-state index in [1.807, 2.05) is 60.7 Å². The number of thiazole rings is 1. The molecule has 0 spiro atoms. The van der Waals surface area contributed by atoms with Crippen LogP contribution in [0.15, 0.2) is 87.8 Å². The minimum Gasteiger partial charge on any atom is -0.507 e. The average molecular weight is 471 g/mol. The fraction of sp³-hybridized carbons (Fsp3) is 0.148. The van der Waals surface area contributed by atoms with Gasteiger partial charge in [0.2, 0.25) is 0 Å². The molecule has 0 radical (unpaired) electrons. The van der Waals surface area contributed by atoms with Gasteiger partial charge in [0, 0.05) is 5.56 Å². The highest BCUT2D eigenvalue weighted by atomic mass is 32.1. The zero-order valence-corrected chi connectivity index (χ0v) is 19.5. The van der Waals surface area contributed by atoms with E-state index in [2.05, 4.69) is 4.99 Å². The van der Waals surface area contributed by atoms with E-state index in [4.69, 9.17) is 4.74 Å². The summed E-state index contributed by atoms with van der Waals surface area (Å²) in [5.74, 6) is -0.397. The van der Waals surface area contributed by atoms with Crippen LogP contribution in [0.25, 0.3) is 16.8 Å². The summed E-state index contributed by atoms with van der Waals surface area (Å²) in [6.45, 7) is 3.73. The molecule has 7 heteroatoms. The second-order valence-electron chi connectivity index (χ2n) is 7.93. The number of rotatable bonds is 4. The number of phenolic OH excluding ortho intramolecular Hbond substituents is 1. The average Bonchev–Trinajstić information content (AvgIpc) is 3.15. The van der Waals surface area contributed by atoms with Crippen LogP contribution in [-0.2, 0) is 9.53 Å². The molecule has 1 atom stereocenters. The van der Waals surface area contributed by atoms with Crippen molar-refractivity contribution in [2.24, 2.45) is 4.99 Å². The maximum absolute atomic E-state index is 13.7. The first kappa shape index (κ1) is 21.9. The summed E-state index contributed by atoms with van der Waals surface area (Å²) < 4.78 is 7.28. The predicted molar refractivity (Wildman–Crippen MR) is 132 cm³/mol.